The van der Waals surface area contributed by atoms with Crippen molar-refractivity contribution in [1.29, 1.82) is 0 Å². The molecule has 1 saturated heterocycles. The fraction of sp³-hybridized carbons (Fsp3) is 0.714. The number of piperidine rings is 1. The van der Waals surface area contributed by atoms with E-state index in [9.17, 15) is 5.11 Å². The molecule has 18 heavy (non-hydrogen) atoms. The van der Waals surface area contributed by atoms with E-state index >= 15 is 0 Å². The highest BCUT2D eigenvalue weighted by atomic mass is 16.3. The summed E-state index contributed by atoms with van der Waals surface area (Å²) in [4.78, 5) is 2.19. The molecule has 0 saturated carbocycles. The Kier molecular flexibility index (Phi) is 4.53. The van der Waals surface area contributed by atoms with Crippen LogP contribution in [-0.4, -0.2) is 34.5 Å². The highest BCUT2D eigenvalue weighted by Crippen LogP contribution is 2.22. The van der Waals surface area contributed by atoms with E-state index in [1.807, 2.05) is 6.07 Å². The molecule has 1 atom stereocenters. The normalized spacial score (nSPS) is 20.4. The Balaban J connectivity index is 2.07. The van der Waals surface area contributed by atoms with Crippen molar-refractivity contribution < 1.29 is 5.11 Å². The third kappa shape index (κ3) is 3.19. The third-order valence-electron chi connectivity index (χ3n) is 3.46. The molecule has 1 aliphatic heterocycles. The fourth-order valence-electron chi connectivity index (χ4n) is 2.53. The van der Waals surface area contributed by atoms with Gasteiger partial charge in [-0.15, -0.1) is 5.10 Å². The Morgan fingerprint density at radius 2 is 2.17 bits per heavy atom. The number of anilines is 1. The molecule has 0 radical (unpaired) electrons. The van der Waals surface area contributed by atoms with Crippen LogP contribution in [0.4, 0.5) is 5.82 Å². The first-order chi connectivity index (χ1) is 8.70. The van der Waals surface area contributed by atoms with Gasteiger partial charge in [0.1, 0.15) is 0 Å². The van der Waals surface area contributed by atoms with Crippen LogP contribution in [0.25, 0.3) is 0 Å². The SMILES string of the molecule is CC(C)Cc1ccc(N2CCCCC2CO)nn1. The fourth-order valence-corrected chi connectivity index (χ4v) is 2.53. The molecule has 4 heteroatoms. The Morgan fingerprint density at radius 1 is 1.33 bits per heavy atom. The van der Waals surface area contributed by atoms with Crippen molar-refractivity contribution in [2.75, 3.05) is 18.1 Å². The molecule has 4 nitrogen and oxygen atoms in total. The molecule has 0 spiro atoms. The minimum atomic E-state index is 0.204. The van der Waals surface area contributed by atoms with Crippen molar-refractivity contribution in [3.8, 4) is 0 Å². The van der Waals surface area contributed by atoms with Crippen LogP contribution in [0.1, 0.15) is 38.8 Å². The van der Waals surface area contributed by atoms with E-state index < -0.39 is 0 Å². The first kappa shape index (κ1) is 13.3. The van der Waals surface area contributed by atoms with Crippen molar-refractivity contribution in [2.45, 2.75) is 45.6 Å². The van der Waals surface area contributed by atoms with Gasteiger partial charge in [0, 0.05) is 6.54 Å². The summed E-state index contributed by atoms with van der Waals surface area (Å²) >= 11 is 0. The van der Waals surface area contributed by atoms with Gasteiger partial charge >= 0.3 is 0 Å². The number of rotatable bonds is 4. The van der Waals surface area contributed by atoms with Crippen LogP contribution in [0.15, 0.2) is 12.1 Å². The molecule has 1 aromatic heterocycles. The summed E-state index contributed by atoms with van der Waals surface area (Å²) in [5.74, 6) is 1.51. The third-order valence-corrected chi connectivity index (χ3v) is 3.46. The van der Waals surface area contributed by atoms with Crippen molar-refractivity contribution >= 4 is 5.82 Å². The zero-order valence-corrected chi connectivity index (χ0v) is 11.3. The van der Waals surface area contributed by atoms with Gasteiger partial charge in [0.15, 0.2) is 5.82 Å². The summed E-state index contributed by atoms with van der Waals surface area (Å²) in [7, 11) is 0. The Hall–Kier alpha value is -1.16. The Labute approximate surface area is 109 Å². The molecule has 1 aliphatic rings. The number of hydrogen-bond acceptors (Lipinski definition) is 4. The van der Waals surface area contributed by atoms with Crippen LogP contribution in [0.2, 0.25) is 0 Å². The van der Waals surface area contributed by atoms with Crippen LogP contribution < -0.4 is 4.90 Å². The molecular weight excluding hydrogens is 226 g/mol. The van der Waals surface area contributed by atoms with E-state index in [2.05, 4.69) is 35.0 Å². The molecular formula is C14H23N3O. The molecule has 100 valence electrons. The topological polar surface area (TPSA) is 49.2 Å². The lowest BCUT2D eigenvalue weighted by atomic mass is 10.0. The highest BCUT2D eigenvalue weighted by molar-refractivity contribution is 5.39. The molecule has 1 unspecified atom stereocenters. The second-order valence-corrected chi connectivity index (χ2v) is 5.51. The van der Waals surface area contributed by atoms with E-state index in [0.29, 0.717) is 5.92 Å². The van der Waals surface area contributed by atoms with Gasteiger partial charge in [-0.2, -0.15) is 5.10 Å². The second kappa shape index (κ2) is 6.14. The van der Waals surface area contributed by atoms with Gasteiger partial charge in [-0.25, -0.2) is 0 Å². The van der Waals surface area contributed by atoms with E-state index in [4.69, 9.17) is 0 Å². The molecule has 2 heterocycles. The lowest BCUT2D eigenvalue weighted by molar-refractivity contribution is 0.239. The van der Waals surface area contributed by atoms with Crippen molar-refractivity contribution in [1.82, 2.24) is 10.2 Å². The molecule has 0 aromatic carbocycles. The molecule has 0 aliphatic carbocycles. The lowest BCUT2D eigenvalue weighted by Gasteiger charge is -2.35. The minimum absolute atomic E-state index is 0.204. The summed E-state index contributed by atoms with van der Waals surface area (Å²) in [6.45, 7) is 5.54. The molecule has 2 rings (SSSR count). The zero-order valence-electron chi connectivity index (χ0n) is 11.3. The number of aliphatic hydroxyl groups excluding tert-OH is 1. The minimum Gasteiger partial charge on any atom is -0.394 e. The predicted molar refractivity (Wildman–Crippen MR) is 72.6 cm³/mol. The Bertz CT molecular complexity index is 364. The maximum absolute atomic E-state index is 9.41. The average molecular weight is 249 g/mol. The average Bonchev–Trinajstić information content (AvgIpc) is 2.39. The van der Waals surface area contributed by atoms with E-state index in [1.165, 1.54) is 12.8 Å². The molecule has 1 fully saturated rings. The van der Waals surface area contributed by atoms with Crippen molar-refractivity contribution in [2.24, 2.45) is 5.92 Å². The number of nitrogens with zero attached hydrogens (tertiary/aromatic N) is 3. The van der Waals surface area contributed by atoms with Crippen LogP contribution >= 0.6 is 0 Å². The van der Waals surface area contributed by atoms with Crippen LogP contribution in [0.5, 0.6) is 0 Å². The molecule has 1 aromatic rings. The lowest BCUT2D eigenvalue weighted by Crippen LogP contribution is -2.42. The summed E-state index contributed by atoms with van der Waals surface area (Å²) < 4.78 is 0. The summed E-state index contributed by atoms with van der Waals surface area (Å²) in [6.07, 6.45) is 4.38. The quantitative estimate of drug-likeness (QED) is 0.887. The van der Waals surface area contributed by atoms with Gasteiger partial charge in [-0.05, 0) is 43.7 Å². The summed E-state index contributed by atoms with van der Waals surface area (Å²) in [5, 5.41) is 18.0. The monoisotopic (exact) mass is 249 g/mol. The first-order valence-electron chi connectivity index (χ1n) is 6.91. The second-order valence-electron chi connectivity index (χ2n) is 5.51. The molecule has 0 amide bonds. The number of aliphatic hydroxyl groups is 1. The van der Waals surface area contributed by atoms with Crippen LogP contribution in [0.3, 0.4) is 0 Å². The predicted octanol–water partition coefficient (Wildman–Crippen LogP) is 2.03. The number of hydrogen-bond donors (Lipinski definition) is 1. The summed E-state index contributed by atoms with van der Waals surface area (Å²) in [6, 6.07) is 4.31. The Morgan fingerprint density at radius 3 is 2.78 bits per heavy atom. The van der Waals surface area contributed by atoms with Gasteiger partial charge in [0.25, 0.3) is 0 Å². The van der Waals surface area contributed by atoms with E-state index in [1.54, 1.807) is 0 Å². The van der Waals surface area contributed by atoms with Gasteiger partial charge in [0.2, 0.25) is 0 Å². The first-order valence-corrected chi connectivity index (χ1v) is 6.91. The van der Waals surface area contributed by atoms with Gasteiger partial charge in [0.05, 0.1) is 18.3 Å². The highest BCUT2D eigenvalue weighted by Gasteiger charge is 2.22. The van der Waals surface area contributed by atoms with Gasteiger partial charge in [-0.1, -0.05) is 13.8 Å². The van der Waals surface area contributed by atoms with Gasteiger partial charge in [-0.3, -0.25) is 0 Å². The maximum atomic E-state index is 9.41. The maximum Gasteiger partial charge on any atom is 0.151 e. The number of aromatic nitrogens is 2. The van der Waals surface area contributed by atoms with E-state index in [0.717, 1.165) is 30.9 Å². The largest absolute Gasteiger partial charge is 0.394 e. The van der Waals surface area contributed by atoms with Crippen molar-refractivity contribution in [3.05, 3.63) is 17.8 Å². The zero-order chi connectivity index (χ0) is 13.0. The van der Waals surface area contributed by atoms with E-state index in [-0.39, 0.29) is 12.6 Å². The van der Waals surface area contributed by atoms with Gasteiger partial charge < -0.3 is 10.0 Å². The molecule has 1 N–H and O–H groups in total. The standard InChI is InChI=1S/C14H23N3O/c1-11(2)9-12-6-7-14(16-15-12)17-8-4-3-5-13(17)10-18/h6-7,11,13,18H,3-5,8-10H2,1-2H3. The van der Waals surface area contributed by atoms with Crippen LogP contribution in [0, 0.1) is 5.92 Å². The van der Waals surface area contributed by atoms with Crippen molar-refractivity contribution in [3.63, 3.8) is 0 Å². The smallest absolute Gasteiger partial charge is 0.151 e. The van der Waals surface area contributed by atoms with Crippen LogP contribution in [-0.2, 0) is 6.42 Å². The molecule has 0 bridgehead atoms. The summed E-state index contributed by atoms with van der Waals surface area (Å²) in [5.41, 5.74) is 1.05.